The molecule has 0 aromatic carbocycles. The number of nitrogens with zero attached hydrogens (tertiary/aromatic N) is 3. The van der Waals surface area contributed by atoms with Gasteiger partial charge in [-0.25, -0.2) is 4.68 Å². The van der Waals surface area contributed by atoms with E-state index in [1.54, 1.807) is 10.9 Å². The van der Waals surface area contributed by atoms with Crippen molar-refractivity contribution in [2.75, 3.05) is 13.1 Å². The van der Waals surface area contributed by atoms with E-state index in [2.05, 4.69) is 20.9 Å². The third kappa shape index (κ3) is 3.41. The minimum Gasteiger partial charge on any atom is -0.391 e. The van der Waals surface area contributed by atoms with E-state index in [0.717, 1.165) is 51.6 Å². The standard InChI is InChI=1S/C14H23N5O2/c20-13-4-2-1-3-11(13)16-14(21)12-9-19(18-17-12)10-5-7-15-8-6-10/h9-11,13,15,20H,1-8H2,(H,16,21)/t11-,13-/m0/s1. The maximum absolute atomic E-state index is 12.2. The minimum absolute atomic E-state index is 0.157. The number of amides is 1. The van der Waals surface area contributed by atoms with Crippen molar-refractivity contribution in [3.05, 3.63) is 11.9 Å². The third-order valence-electron chi connectivity index (χ3n) is 4.47. The molecule has 1 amide bonds. The number of aliphatic hydroxyl groups excluding tert-OH is 1. The molecule has 2 fully saturated rings. The summed E-state index contributed by atoms with van der Waals surface area (Å²) < 4.78 is 1.80. The van der Waals surface area contributed by atoms with Crippen molar-refractivity contribution < 1.29 is 9.90 Å². The van der Waals surface area contributed by atoms with Crippen molar-refractivity contribution in [3.8, 4) is 0 Å². The highest BCUT2D eigenvalue weighted by Crippen LogP contribution is 2.19. The Kier molecular flexibility index (Phi) is 4.50. The molecule has 3 rings (SSSR count). The molecule has 1 aliphatic carbocycles. The van der Waals surface area contributed by atoms with Crippen LogP contribution in [0.3, 0.4) is 0 Å². The highest BCUT2D eigenvalue weighted by atomic mass is 16.3. The summed E-state index contributed by atoms with van der Waals surface area (Å²) in [5.74, 6) is -0.235. The quantitative estimate of drug-likeness (QED) is 0.742. The van der Waals surface area contributed by atoms with Gasteiger partial charge in [0.1, 0.15) is 0 Å². The molecular weight excluding hydrogens is 270 g/mol. The molecule has 21 heavy (non-hydrogen) atoms. The van der Waals surface area contributed by atoms with Gasteiger partial charge in [0.15, 0.2) is 5.69 Å². The summed E-state index contributed by atoms with van der Waals surface area (Å²) in [6, 6.07) is 0.163. The van der Waals surface area contributed by atoms with Crippen LogP contribution in [0.2, 0.25) is 0 Å². The zero-order valence-electron chi connectivity index (χ0n) is 12.2. The van der Waals surface area contributed by atoms with Crippen LogP contribution in [-0.2, 0) is 0 Å². The molecular formula is C14H23N5O2. The molecule has 1 saturated carbocycles. The summed E-state index contributed by atoms with van der Waals surface area (Å²) in [7, 11) is 0. The molecule has 1 aromatic heterocycles. The van der Waals surface area contributed by atoms with Gasteiger partial charge in [0.25, 0.3) is 5.91 Å². The Morgan fingerprint density at radius 2 is 2.05 bits per heavy atom. The molecule has 2 atom stereocenters. The molecule has 0 radical (unpaired) electrons. The Bertz CT molecular complexity index is 483. The number of nitrogens with one attached hydrogen (secondary N) is 2. The first-order valence-electron chi connectivity index (χ1n) is 7.85. The van der Waals surface area contributed by atoms with E-state index >= 15 is 0 Å². The van der Waals surface area contributed by atoms with Gasteiger partial charge in [0.05, 0.1) is 24.4 Å². The smallest absolute Gasteiger partial charge is 0.273 e. The largest absolute Gasteiger partial charge is 0.391 e. The molecule has 116 valence electrons. The molecule has 0 spiro atoms. The fourth-order valence-corrected chi connectivity index (χ4v) is 3.15. The Balaban J connectivity index is 1.60. The number of carbonyl (C=O) groups excluding carboxylic acids is 1. The number of rotatable bonds is 3. The van der Waals surface area contributed by atoms with Crippen molar-refractivity contribution >= 4 is 5.91 Å². The van der Waals surface area contributed by atoms with Crippen LogP contribution < -0.4 is 10.6 Å². The minimum atomic E-state index is -0.442. The molecule has 2 heterocycles. The fourth-order valence-electron chi connectivity index (χ4n) is 3.15. The van der Waals surface area contributed by atoms with Crippen LogP contribution in [0.25, 0.3) is 0 Å². The van der Waals surface area contributed by atoms with Crippen molar-refractivity contribution in [1.82, 2.24) is 25.6 Å². The molecule has 0 unspecified atom stereocenters. The summed E-state index contributed by atoms with van der Waals surface area (Å²) >= 11 is 0. The van der Waals surface area contributed by atoms with E-state index in [1.807, 2.05) is 0 Å². The molecule has 7 nitrogen and oxygen atoms in total. The predicted octanol–water partition coefficient (Wildman–Crippen LogP) is 0.236. The van der Waals surface area contributed by atoms with Gasteiger partial charge in [-0.3, -0.25) is 4.79 Å². The predicted molar refractivity (Wildman–Crippen MR) is 76.9 cm³/mol. The molecule has 2 aliphatic rings. The van der Waals surface area contributed by atoms with Crippen LogP contribution >= 0.6 is 0 Å². The summed E-state index contributed by atoms with van der Waals surface area (Å²) in [6.07, 6.45) is 6.95. The van der Waals surface area contributed by atoms with E-state index < -0.39 is 6.10 Å². The van der Waals surface area contributed by atoms with E-state index in [4.69, 9.17) is 0 Å². The normalized spacial score (nSPS) is 27.5. The second-order valence-electron chi connectivity index (χ2n) is 6.00. The number of carbonyl (C=O) groups is 1. The average molecular weight is 293 g/mol. The number of aromatic nitrogens is 3. The van der Waals surface area contributed by atoms with Crippen molar-refractivity contribution in [3.63, 3.8) is 0 Å². The number of aliphatic hydroxyl groups is 1. The van der Waals surface area contributed by atoms with Gasteiger partial charge in [-0.1, -0.05) is 18.1 Å². The van der Waals surface area contributed by atoms with Crippen LogP contribution in [0, 0.1) is 0 Å². The Labute approximate surface area is 124 Å². The molecule has 3 N–H and O–H groups in total. The monoisotopic (exact) mass is 293 g/mol. The van der Waals surface area contributed by atoms with Crippen molar-refractivity contribution in [1.29, 1.82) is 0 Å². The van der Waals surface area contributed by atoms with E-state index in [1.165, 1.54) is 0 Å². The van der Waals surface area contributed by atoms with Crippen LogP contribution in [-0.4, -0.2) is 51.2 Å². The zero-order chi connectivity index (χ0) is 14.7. The van der Waals surface area contributed by atoms with Crippen molar-refractivity contribution in [2.24, 2.45) is 0 Å². The van der Waals surface area contributed by atoms with Gasteiger partial charge in [0.2, 0.25) is 0 Å². The molecule has 1 aliphatic heterocycles. The first-order valence-corrected chi connectivity index (χ1v) is 7.85. The number of hydrogen-bond acceptors (Lipinski definition) is 5. The second kappa shape index (κ2) is 6.53. The second-order valence-corrected chi connectivity index (χ2v) is 6.00. The Morgan fingerprint density at radius 3 is 2.81 bits per heavy atom. The van der Waals surface area contributed by atoms with Gasteiger partial charge < -0.3 is 15.7 Å². The summed E-state index contributed by atoms with van der Waals surface area (Å²) in [6.45, 7) is 1.95. The lowest BCUT2D eigenvalue weighted by Crippen LogP contribution is -2.45. The SMILES string of the molecule is O=C(N[C@H]1CCCC[C@@H]1O)c1cn(C2CCNCC2)nn1. The van der Waals surface area contributed by atoms with Gasteiger partial charge in [-0.15, -0.1) is 5.10 Å². The topological polar surface area (TPSA) is 92.1 Å². The van der Waals surface area contributed by atoms with Crippen LogP contribution in [0.5, 0.6) is 0 Å². The highest BCUT2D eigenvalue weighted by molar-refractivity contribution is 5.92. The lowest BCUT2D eigenvalue weighted by Gasteiger charge is -2.27. The van der Waals surface area contributed by atoms with Gasteiger partial charge in [-0.2, -0.15) is 0 Å². The summed E-state index contributed by atoms with van der Waals surface area (Å²) in [4.78, 5) is 12.2. The first-order chi connectivity index (χ1) is 10.2. The Morgan fingerprint density at radius 1 is 1.29 bits per heavy atom. The molecule has 0 bridgehead atoms. The highest BCUT2D eigenvalue weighted by Gasteiger charge is 2.26. The van der Waals surface area contributed by atoms with Gasteiger partial charge >= 0.3 is 0 Å². The van der Waals surface area contributed by atoms with Crippen LogP contribution in [0.15, 0.2) is 6.20 Å². The fraction of sp³-hybridized carbons (Fsp3) is 0.786. The zero-order valence-corrected chi connectivity index (χ0v) is 12.2. The van der Waals surface area contributed by atoms with Crippen molar-refractivity contribution in [2.45, 2.75) is 56.7 Å². The molecule has 7 heteroatoms. The number of hydrogen-bond donors (Lipinski definition) is 3. The van der Waals surface area contributed by atoms with E-state index in [9.17, 15) is 9.90 Å². The van der Waals surface area contributed by atoms with Crippen LogP contribution in [0.4, 0.5) is 0 Å². The van der Waals surface area contributed by atoms with Crippen LogP contribution in [0.1, 0.15) is 55.1 Å². The van der Waals surface area contributed by atoms with E-state index in [0.29, 0.717) is 11.7 Å². The summed E-state index contributed by atoms with van der Waals surface area (Å²) in [5.41, 5.74) is 0.339. The first kappa shape index (κ1) is 14.5. The van der Waals surface area contributed by atoms with Gasteiger partial charge in [0, 0.05) is 0 Å². The maximum atomic E-state index is 12.2. The maximum Gasteiger partial charge on any atom is 0.273 e. The van der Waals surface area contributed by atoms with Gasteiger partial charge in [-0.05, 0) is 38.8 Å². The Hall–Kier alpha value is -1.47. The lowest BCUT2D eigenvalue weighted by atomic mass is 9.92. The average Bonchev–Trinajstić information content (AvgIpc) is 3.00. The summed E-state index contributed by atoms with van der Waals surface area (Å²) in [5, 5.41) is 24.2. The molecule has 1 saturated heterocycles. The number of piperidine rings is 1. The third-order valence-corrected chi connectivity index (χ3v) is 4.47. The lowest BCUT2D eigenvalue weighted by molar-refractivity contribution is 0.0713. The molecule has 1 aromatic rings. The van der Waals surface area contributed by atoms with E-state index in [-0.39, 0.29) is 11.9 Å².